The van der Waals surface area contributed by atoms with Crippen LogP contribution in [0.15, 0.2) is 41.3 Å². The molecule has 4 rings (SSSR count). The molecule has 2 heterocycles. The molecule has 1 saturated heterocycles. The lowest BCUT2D eigenvalue weighted by molar-refractivity contribution is 0.165. The Hall–Kier alpha value is -2.78. The minimum absolute atomic E-state index is 0.151. The number of hydrogen-bond donors (Lipinski definition) is 1. The monoisotopic (exact) mass is 487 g/mol. The molecule has 184 valence electrons. The van der Waals surface area contributed by atoms with Gasteiger partial charge in [0.15, 0.2) is 11.5 Å². The third-order valence-corrected chi connectivity index (χ3v) is 8.40. The van der Waals surface area contributed by atoms with Gasteiger partial charge in [-0.25, -0.2) is 13.2 Å². The van der Waals surface area contributed by atoms with Crippen LogP contribution in [0.5, 0.6) is 11.5 Å². The second-order valence-electron chi connectivity index (χ2n) is 9.23. The van der Waals surface area contributed by atoms with E-state index in [0.717, 1.165) is 16.7 Å². The van der Waals surface area contributed by atoms with Gasteiger partial charge in [-0.2, -0.15) is 4.31 Å². The minimum atomic E-state index is -3.60. The van der Waals surface area contributed by atoms with Crippen LogP contribution in [0, 0.1) is 19.8 Å². The summed E-state index contributed by atoms with van der Waals surface area (Å²) in [6.07, 6.45) is 0. The highest BCUT2D eigenvalue weighted by Crippen LogP contribution is 2.34. The molecule has 1 atom stereocenters. The average Bonchev–Trinajstić information content (AvgIpc) is 2.81. The molecule has 0 saturated carbocycles. The largest absolute Gasteiger partial charge is 0.486 e. The van der Waals surface area contributed by atoms with Gasteiger partial charge in [0.2, 0.25) is 10.0 Å². The van der Waals surface area contributed by atoms with Crippen LogP contribution in [-0.2, 0) is 10.0 Å². The zero-order chi connectivity index (χ0) is 24.5. The number of sulfonamides is 1. The second kappa shape index (κ2) is 9.84. The second-order valence-corrected chi connectivity index (χ2v) is 11.1. The quantitative estimate of drug-likeness (QED) is 0.698. The molecule has 2 aliphatic rings. The van der Waals surface area contributed by atoms with Crippen molar-refractivity contribution in [2.24, 2.45) is 5.92 Å². The fourth-order valence-corrected chi connectivity index (χ4v) is 6.10. The van der Waals surface area contributed by atoms with Crippen LogP contribution in [0.4, 0.5) is 4.79 Å². The summed E-state index contributed by atoms with van der Waals surface area (Å²) in [5.41, 5.74) is 2.71. The smallest absolute Gasteiger partial charge is 0.317 e. The van der Waals surface area contributed by atoms with Crippen LogP contribution in [0.3, 0.4) is 0 Å². The molecule has 9 heteroatoms. The molecular weight excluding hydrogens is 454 g/mol. The number of aryl methyl sites for hydroxylation is 2. The molecule has 8 nitrogen and oxygen atoms in total. The van der Waals surface area contributed by atoms with E-state index < -0.39 is 10.0 Å². The van der Waals surface area contributed by atoms with Gasteiger partial charge >= 0.3 is 6.03 Å². The van der Waals surface area contributed by atoms with Crippen LogP contribution in [0.25, 0.3) is 0 Å². The predicted molar refractivity (Wildman–Crippen MR) is 130 cm³/mol. The van der Waals surface area contributed by atoms with E-state index in [4.69, 9.17) is 9.47 Å². The van der Waals surface area contributed by atoms with Gasteiger partial charge in [0.05, 0.1) is 10.9 Å². The maximum atomic E-state index is 13.2. The molecule has 0 bridgehead atoms. The van der Waals surface area contributed by atoms with Crippen molar-refractivity contribution < 1.29 is 22.7 Å². The van der Waals surface area contributed by atoms with Gasteiger partial charge in [-0.1, -0.05) is 37.6 Å². The summed E-state index contributed by atoms with van der Waals surface area (Å²) in [6.45, 7) is 10.1. The lowest BCUT2D eigenvalue weighted by Crippen LogP contribution is -2.53. The predicted octanol–water partition coefficient (Wildman–Crippen LogP) is 3.49. The Bertz CT molecular complexity index is 1160. The van der Waals surface area contributed by atoms with E-state index >= 15 is 0 Å². The zero-order valence-corrected chi connectivity index (χ0v) is 21.0. The highest BCUT2D eigenvalue weighted by atomic mass is 32.2. The normalized spacial score (nSPS) is 17.5. The van der Waals surface area contributed by atoms with Crippen LogP contribution in [0.2, 0.25) is 0 Å². The molecule has 1 N–H and O–H groups in total. The van der Waals surface area contributed by atoms with Crippen molar-refractivity contribution in [2.45, 2.75) is 38.6 Å². The molecule has 0 aliphatic carbocycles. The standard InChI is InChI=1S/C25H33N3O5S/c1-17(2)24(20-6-7-21-22(16-20)33-14-13-32-21)26-25(29)27-9-11-28(12-10-27)34(30,31)23-8-5-18(3)15-19(23)4/h5-8,15-17,24H,9-14H2,1-4H3,(H,26,29). The van der Waals surface area contributed by atoms with Crippen molar-refractivity contribution >= 4 is 16.1 Å². The number of nitrogens with zero attached hydrogens (tertiary/aromatic N) is 2. The Morgan fingerprint density at radius 1 is 0.941 bits per heavy atom. The highest BCUT2D eigenvalue weighted by Gasteiger charge is 2.32. The lowest BCUT2D eigenvalue weighted by Gasteiger charge is -2.35. The molecule has 2 aromatic carbocycles. The van der Waals surface area contributed by atoms with Gasteiger partial charge in [-0.15, -0.1) is 0 Å². The molecule has 2 aliphatic heterocycles. The van der Waals surface area contributed by atoms with Crippen LogP contribution in [0.1, 0.15) is 36.6 Å². The summed E-state index contributed by atoms with van der Waals surface area (Å²) < 4.78 is 39.1. The van der Waals surface area contributed by atoms with Gasteiger partial charge in [0, 0.05) is 26.2 Å². The number of urea groups is 1. The first kappa shape index (κ1) is 24.3. The van der Waals surface area contributed by atoms with Crippen molar-refractivity contribution in [3.63, 3.8) is 0 Å². The van der Waals surface area contributed by atoms with E-state index in [9.17, 15) is 13.2 Å². The Balaban J connectivity index is 1.41. The summed E-state index contributed by atoms with van der Waals surface area (Å²) in [4.78, 5) is 15.1. The van der Waals surface area contributed by atoms with Crippen molar-refractivity contribution in [3.8, 4) is 11.5 Å². The molecule has 1 unspecified atom stereocenters. The summed E-state index contributed by atoms with van der Waals surface area (Å²) >= 11 is 0. The molecule has 0 spiro atoms. The van der Waals surface area contributed by atoms with E-state index in [1.165, 1.54) is 4.31 Å². The minimum Gasteiger partial charge on any atom is -0.486 e. The third-order valence-electron chi connectivity index (χ3n) is 6.35. The molecule has 0 radical (unpaired) electrons. The Labute approximate surface area is 201 Å². The number of amides is 2. The van der Waals surface area contributed by atoms with Crippen LogP contribution >= 0.6 is 0 Å². The molecule has 34 heavy (non-hydrogen) atoms. The van der Waals surface area contributed by atoms with Gasteiger partial charge in [0.1, 0.15) is 13.2 Å². The summed E-state index contributed by atoms with van der Waals surface area (Å²) in [6, 6.07) is 10.7. The van der Waals surface area contributed by atoms with Crippen molar-refractivity contribution in [1.82, 2.24) is 14.5 Å². The summed E-state index contributed by atoms with van der Waals surface area (Å²) in [5.74, 6) is 1.55. The fourth-order valence-electron chi connectivity index (χ4n) is 4.47. The first-order valence-electron chi connectivity index (χ1n) is 11.7. The Morgan fingerprint density at radius 2 is 1.62 bits per heavy atom. The molecule has 1 fully saturated rings. The molecular formula is C25H33N3O5S. The maximum absolute atomic E-state index is 13.2. The number of fused-ring (bicyclic) bond motifs is 1. The number of carbonyl (C=O) groups is 1. The Morgan fingerprint density at radius 3 is 2.26 bits per heavy atom. The van der Waals surface area contributed by atoms with Crippen molar-refractivity contribution in [2.75, 3.05) is 39.4 Å². The zero-order valence-electron chi connectivity index (χ0n) is 20.2. The summed E-state index contributed by atoms with van der Waals surface area (Å²) in [5, 5.41) is 3.13. The van der Waals surface area contributed by atoms with Crippen molar-refractivity contribution in [3.05, 3.63) is 53.1 Å². The average molecular weight is 488 g/mol. The van der Waals surface area contributed by atoms with E-state index in [1.54, 1.807) is 11.0 Å². The number of hydrogen-bond acceptors (Lipinski definition) is 5. The summed E-state index contributed by atoms with van der Waals surface area (Å²) in [7, 11) is -3.60. The fraction of sp³-hybridized carbons (Fsp3) is 0.480. The first-order valence-corrected chi connectivity index (χ1v) is 13.1. The lowest BCUT2D eigenvalue weighted by atomic mass is 9.95. The van der Waals surface area contributed by atoms with E-state index in [1.807, 2.05) is 44.2 Å². The van der Waals surface area contributed by atoms with Crippen LogP contribution < -0.4 is 14.8 Å². The maximum Gasteiger partial charge on any atom is 0.317 e. The van der Waals surface area contributed by atoms with Gasteiger partial charge < -0.3 is 19.7 Å². The van der Waals surface area contributed by atoms with E-state index in [0.29, 0.717) is 42.7 Å². The third kappa shape index (κ3) is 5.00. The molecule has 2 aromatic rings. The van der Waals surface area contributed by atoms with Crippen molar-refractivity contribution in [1.29, 1.82) is 0 Å². The van der Waals surface area contributed by atoms with Gasteiger partial charge in [-0.3, -0.25) is 0 Å². The van der Waals surface area contributed by atoms with E-state index in [2.05, 4.69) is 19.2 Å². The first-order chi connectivity index (χ1) is 16.2. The SMILES string of the molecule is Cc1ccc(S(=O)(=O)N2CCN(C(=O)NC(c3ccc4c(c3)OCCO4)C(C)C)CC2)c(C)c1. The van der Waals surface area contributed by atoms with Gasteiger partial charge in [0.25, 0.3) is 0 Å². The van der Waals surface area contributed by atoms with Gasteiger partial charge in [-0.05, 0) is 49.1 Å². The number of rotatable bonds is 5. The molecule has 0 aromatic heterocycles. The topological polar surface area (TPSA) is 88.2 Å². The number of piperazine rings is 1. The number of carbonyl (C=O) groups excluding carboxylic acids is 1. The Kier molecular flexibility index (Phi) is 7.04. The van der Waals surface area contributed by atoms with Crippen LogP contribution in [-0.4, -0.2) is 63.0 Å². The van der Waals surface area contributed by atoms with E-state index in [-0.39, 0.29) is 31.1 Å². The molecule has 2 amide bonds. The number of nitrogens with one attached hydrogen (secondary N) is 1. The number of benzene rings is 2. The number of ether oxygens (including phenoxy) is 2. The highest BCUT2D eigenvalue weighted by molar-refractivity contribution is 7.89.